The van der Waals surface area contributed by atoms with Crippen LogP contribution in [0.3, 0.4) is 0 Å². The van der Waals surface area contributed by atoms with E-state index in [0.717, 1.165) is 16.0 Å². The highest BCUT2D eigenvalue weighted by atomic mass is 35.5. The maximum atomic E-state index is 15.9. The van der Waals surface area contributed by atoms with Crippen LogP contribution in [0.25, 0.3) is 11.1 Å². The molecule has 1 heterocycles. The number of rotatable bonds is 6. The first-order chi connectivity index (χ1) is 23.2. The molecule has 1 saturated heterocycles. The van der Waals surface area contributed by atoms with Crippen LogP contribution in [0.15, 0.2) is 133 Å². The van der Waals surface area contributed by atoms with Crippen molar-refractivity contribution >= 4 is 63.6 Å². The third-order valence-electron chi connectivity index (χ3n) is 10.1. The van der Waals surface area contributed by atoms with E-state index < -0.39 is 40.4 Å². The maximum Gasteiger partial charge on any atom is 0.335 e. The number of hydrogen-bond donors (Lipinski definition) is 1. The Morgan fingerprint density at radius 1 is 0.583 bits per heavy atom. The van der Waals surface area contributed by atoms with Gasteiger partial charge in [0.15, 0.2) is 5.78 Å². The summed E-state index contributed by atoms with van der Waals surface area (Å²) >= 11 is 12.8. The normalized spacial score (nSPS) is 24.4. The quantitative estimate of drug-likeness (QED) is 0.186. The van der Waals surface area contributed by atoms with Gasteiger partial charge in [-0.15, -0.1) is 0 Å². The summed E-state index contributed by atoms with van der Waals surface area (Å²) in [6.07, 6.45) is 0. The van der Waals surface area contributed by atoms with E-state index in [1.165, 1.54) is 18.2 Å². The Kier molecular flexibility index (Phi) is 6.81. The van der Waals surface area contributed by atoms with Crippen LogP contribution >= 0.6 is 23.2 Å². The van der Waals surface area contributed by atoms with Gasteiger partial charge in [0.1, 0.15) is 0 Å². The zero-order valence-corrected chi connectivity index (χ0v) is 26.7. The Morgan fingerprint density at radius 3 is 1.44 bits per heavy atom. The van der Waals surface area contributed by atoms with Gasteiger partial charge in [0, 0.05) is 10.0 Å². The van der Waals surface area contributed by atoms with E-state index >= 15 is 14.4 Å². The molecule has 2 fully saturated rings. The SMILES string of the molecule is O=C(O)c1cccc(N2C(=O)C3C(C2=O)C2(c4ccc(Cl)cc4)C(=O)C3(c3ccc(Cl)cc3)C(c3ccccc3)=C2c2ccccc2)c1. The number of nitrogens with zero attached hydrogens (tertiary/aromatic N) is 1. The van der Waals surface area contributed by atoms with Crippen LogP contribution in [-0.4, -0.2) is 28.7 Å². The van der Waals surface area contributed by atoms with Gasteiger partial charge in [0.25, 0.3) is 0 Å². The van der Waals surface area contributed by atoms with Crippen LogP contribution < -0.4 is 4.90 Å². The molecule has 48 heavy (non-hydrogen) atoms. The van der Waals surface area contributed by atoms with Crippen LogP contribution in [0.5, 0.6) is 0 Å². The number of ketones is 1. The smallest absolute Gasteiger partial charge is 0.335 e. The molecule has 2 aliphatic carbocycles. The molecule has 6 nitrogen and oxygen atoms in total. The highest BCUT2D eigenvalue weighted by molar-refractivity contribution is 6.39. The predicted octanol–water partition coefficient (Wildman–Crippen LogP) is 7.88. The highest BCUT2D eigenvalue weighted by Gasteiger charge is 2.82. The summed E-state index contributed by atoms with van der Waals surface area (Å²) in [7, 11) is 0. The fourth-order valence-electron chi connectivity index (χ4n) is 8.39. The number of Topliss-reactive ketones (excluding diaryl/α,β-unsaturated/α-hetero) is 1. The Morgan fingerprint density at radius 2 is 1.02 bits per heavy atom. The Balaban J connectivity index is 1.54. The van der Waals surface area contributed by atoms with E-state index in [0.29, 0.717) is 32.3 Å². The van der Waals surface area contributed by atoms with Crippen LogP contribution in [0.1, 0.15) is 32.6 Å². The Bertz CT molecular complexity index is 2070. The Hall–Kier alpha value is -5.30. The molecule has 1 saturated carbocycles. The van der Waals surface area contributed by atoms with E-state index in [4.69, 9.17) is 23.2 Å². The minimum atomic E-state index is -1.62. The number of carbonyl (C=O) groups is 4. The average Bonchev–Trinajstić information content (AvgIpc) is 3.61. The summed E-state index contributed by atoms with van der Waals surface area (Å²) < 4.78 is 0. The number of imide groups is 1. The molecule has 5 aromatic rings. The number of anilines is 1. The fraction of sp³-hybridized carbons (Fsp3) is 0.100. The van der Waals surface area contributed by atoms with Crippen molar-refractivity contribution in [2.45, 2.75) is 10.8 Å². The van der Waals surface area contributed by atoms with E-state index in [2.05, 4.69) is 0 Å². The molecule has 0 spiro atoms. The number of benzene rings is 5. The molecule has 4 atom stereocenters. The zero-order chi connectivity index (χ0) is 33.4. The molecule has 8 heteroatoms. The third kappa shape index (κ3) is 3.87. The number of carboxylic acid groups (broad SMARTS) is 1. The van der Waals surface area contributed by atoms with Gasteiger partial charge in [-0.1, -0.05) is 114 Å². The molecule has 2 amide bonds. The largest absolute Gasteiger partial charge is 0.478 e. The summed E-state index contributed by atoms with van der Waals surface area (Å²) in [5.41, 5.74) is 0.648. The van der Waals surface area contributed by atoms with Crippen molar-refractivity contribution in [3.05, 3.63) is 171 Å². The second-order valence-corrected chi connectivity index (χ2v) is 13.1. The van der Waals surface area contributed by atoms with Crippen molar-refractivity contribution in [1.82, 2.24) is 0 Å². The molecule has 0 aromatic heterocycles. The van der Waals surface area contributed by atoms with Crippen LogP contribution in [0, 0.1) is 11.8 Å². The van der Waals surface area contributed by atoms with Crippen molar-refractivity contribution in [1.29, 1.82) is 0 Å². The van der Waals surface area contributed by atoms with E-state index in [-0.39, 0.29) is 17.0 Å². The van der Waals surface area contributed by atoms with E-state index in [1.807, 2.05) is 60.7 Å². The minimum absolute atomic E-state index is 0.0721. The van der Waals surface area contributed by atoms with Gasteiger partial charge in [-0.3, -0.25) is 14.4 Å². The topological polar surface area (TPSA) is 91.8 Å². The lowest BCUT2D eigenvalue weighted by Gasteiger charge is -2.39. The third-order valence-corrected chi connectivity index (χ3v) is 10.6. The van der Waals surface area contributed by atoms with Gasteiger partial charge in [0.05, 0.1) is 33.9 Å². The second-order valence-electron chi connectivity index (χ2n) is 12.3. The van der Waals surface area contributed by atoms with Crippen molar-refractivity contribution in [3.63, 3.8) is 0 Å². The first kappa shape index (κ1) is 30.1. The maximum absolute atomic E-state index is 15.9. The monoisotopic (exact) mass is 669 g/mol. The lowest BCUT2D eigenvalue weighted by molar-refractivity contribution is -0.130. The van der Waals surface area contributed by atoms with Gasteiger partial charge in [0.2, 0.25) is 11.8 Å². The number of allylic oxidation sites excluding steroid dienone is 2. The number of carbonyl (C=O) groups excluding carboxylic acids is 3. The number of halogens is 2. The summed E-state index contributed by atoms with van der Waals surface area (Å²) in [6.45, 7) is 0. The average molecular weight is 671 g/mol. The molecule has 8 rings (SSSR count). The van der Waals surface area contributed by atoms with Gasteiger partial charge >= 0.3 is 5.97 Å². The molecule has 2 bridgehead atoms. The first-order valence-corrected chi connectivity index (χ1v) is 16.1. The molecular weight excluding hydrogens is 645 g/mol. The van der Waals surface area contributed by atoms with E-state index in [1.54, 1.807) is 54.6 Å². The van der Waals surface area contributed by atoms with Crippen LogP contribution in [0.2, 0.25) is 10.0 Å². The zero-order valence-electron chi connectivity index (χ0n) is 25.1. The predicted molar refractivity (Wildman–Crippen MR) is 184 cm³/mol. The molecule has 3 aliphatic rings. The van der Waals surface area contributed by atoms with Crippen LogP contribution in [-0.2, 0) is 25.2 Å². The summed E-state index contributed by atoms with van der Waals surface area (Å²) in [5.74, 6) is -4.95. The van der Waals surface area contributed by atoms with Gasteiger partial charge in [-0.05, 0) is 75.9 Å². The molecular formula is C40H25Cl2NO5. The van der Waals surface area contributed by atoms with Crippen molar-refractivity contribution in [3.8, 4) is 0 Å². The number of carboxylic acids is 1. The molecule has 5 aromatic carbocycles. The summed E-state index contributed by atoms with van der Waals surface area (Å²) in [6, 6.07) is 38.5. The standard InChI is InChI=1S/C40H25Cl2NO5/c41-28-18-14-26(15-19-28)39-31(23-8-3-1-4-9-23)32(24-10-5-2-6-11-24)40(38(39)48,27-16-20-29(42)21-17-27)34-33(39)35(44)43(36(34)45)30-13-7-12-25(22-30)37(46)47/h1-22,33-34H,(H,46,47). The summed E-state index contributed by atoms with van der Waals surface area (Å²) in [5, 5.41) is 10.7. The minimum Gasteiger partial charge on any atom is -0.478 e. The van der Waals surface area contributed by atoms with Gasteiger partial charge < -0.3 is 5.11 Å². The highest BCUT2D eigenvalue weighted by Crippen LogP contribution is 2.74. The van der Waals surface area contributed by atoms with E-state index in [9.17, 15) is 9.90 Å². The van der Waals surface area contributed by atoms with Crippen molar-refractivity contribution in [2.24, 2.45) is 11.8 Å². The molecule has 4 unspecified atom stereocenters. The molecule has 234 valence electrons. The van der Waals surface area contributed by atoms with Crippen LogP contribution in [0.4, 0.5) is 5.69 Å². The van der Waals surface area contributed by atoms with Crippen molar-refractivity contribution in [2.75, 3.05) is 4.90 Å². The molecule has 0 radical (unpaired) electrons. The number of fused-ring (bicyclic) bond motifs is 5. The molecule has 1 N–H and O–H groups in total. The van der Waals surface area contributed by atoms with Crippen molar-refractivity contribution < 1.29 is 24.3 Å². The molecule has 1 aliphatic heterocycles. The number of aromatic carboxylic acids is 1. The lowest BCUT2D eigenvalue weighted by atomic mass is 9.59. The lowest BCUT2D eigenvalue weighted by Crippen LogP contribution is -2.45. The Labute approximate surface area is 285 Å². The second kappa shape index (κ2) is 10.9. The summed E-state index contributed by atoms with van der Waals surface area (Å²) in [4.78, 5) is 59.0. The number of hydrogen-bond acceptors (Lipinski definition) is 4. The fourth-order valence-corrected chi connectivity index (χ4v) is 8.64. The van der Waals surface area contributed by atoms with Gasteiger partial charge in [-0.2, -0.15) is 0 Å². The first-order valence-electron chi connectivity index (χ1n) is 15.4. The van der Waals surface area contributed by atoms with Gasteiger partial charge in [-0.25, -0.2) is 9.69 Å². The number of amides is 2.